The van der Waals surface area contributed by atoms with Gasteiger partial charge in [0.05, 0.1) is 18.4 Å². The zero-order chi connectivity index (χ0) is 23.3. The summed E-state index contributed by atoms with van der Waals surface area (Å²) in [4.78, 5) is 8.42. The largest absolute Gasteiger partial charge is 0.497 e. The molecule has 0 bridgehead atoms. The summed E-state index contributed by atoms with van der Waals surface area (Å²) in [6.07, 6.45) is -2.99. The van der Waals surface area contributed by atoms with Gasteiger partial charge in [-0.05, 0) is 54.1 Å². The maximum Gasteiger partial charge on any atom is 0.416 e. The van der Waals surface area contributed by atoms with Crippen LogP contribution in [0.1, 0.15) is 11.1 Å². The van der Waals surface area contributed by atoms with Crippen LogP contribution in [0.15, 0.2) is 85.2 Å². The zero-order valence-electron chi connectivity index (χ0n) is 17.5. The Hall–Kier alpha value is -4.07. The summed E-state index contributed by atoms with van der Waals surface area (Å²) in [6, 6.07) is 21.0. The van der Waals surface area contributed by atoms with Crippen LogP contribution in [0.25, 0.3) is 11.3 Å². The van der Waals surface area contributed by atoms with Crippen LogP contribution in [0.4, 0.5) is 13.2 Å². The first-order valence-corrected chi connectivity index (χ1v) is 9.94. The molecule has 0 atom stereocenters. The molecule has 0 radical (unpaired) electrons. The first-order valence-electron chi connectivity index (χ1n) is 9.94. The molecule has 0 amide bonds. The molecule has 168 valence electrons. The lowest BCUT2D eigenvalue weighted by atomic mass is 10.1. The van der Waals surface area contributed by atoms with E-state index in [0.29, 0.717) is 28.6 Å². The maximum absolute atomic E-state index is 12.9. The fourth-order valence-electron chi connectivity index (χ4n) is 3.07. The molecule has 4 aromatic rings. The van der Waals surface area contributed by atoms with Crippen molar-refractivity contribution in [3.8, 4) is 34.4 Å². The van der Waals surface area contributed by atoms with E-state index >= 15 is 0 Å². The van der Waals surface area contributed by atoms with Crippen LogP contribution in [0.2, 0.25) is 0 Å². The molecule has 0 unspecified atom stereocenters. The third kappa shape index (κ3) is 5.79. The molecule has 0 aliphatic heterocycles. The topological polar surface area (TPSA) is 53.5 Å². The van der Waals surface area contributed by atoms with E-state index < -0.39 is 11.7 Å². The summed E-state index contributed by atoms with van der Waals surface area (Å²) in [7, 11) is 1.60. The van der Waals surface area contributed by atoms with E-state index in [4.69, 9.17) is 14.2 Å². The summed E-state index contributed by atoms with van der Waals surface area (Å²) in [5.41, 5.74) is 1.26. The van der Waals surface area contributed by atoms with Crippen molar-refractivity contribution < 1.29 is 27.4 Å². The summed E-state index contributed by atoms with van der Waals surface area (Å²) in [6.45, 7) is -0.0114. The molecule has 3 aromatic carbocycles. The van der Waals surface area contributed by atoms with Crippen LogP contribution >= 0.6 is 0 Å². The molecule has 4 rings (SSSR count). The highest BCUT2D eigenvalue weighted by molar-refractivity contribution is 5.60. The van der Waals surface area contributed by atoms with Crippen molar-refractivity contribution in [3.05, 3.63) is 96.3 Å². The quantitative estimate of drug-likeness (QED) is 0.319. The van der Waals surface area contributed by atoms with Gasteiger partial charge in [0.1, 0.15) is 30.2 Å². The Kier molecular flexibility index (Phi) is 6.44. The van der Waals surface area contributed by atoms with E-state index in [2.05, 4.69) is 9.97 Å². The van der Waals surface area contributed by atoms with Crippen molar-refractivity contribution in [2.24, 2.45) is 0 Å². The van der Waals surface area contributed by atoms with Gasteiger partial charge in [-0.25, -0.2) is 9.97 Å². The molecule has 5 nitrogen and oxygen atoms in total. The molecule has 1 heterocycles. The number of benzene rings is 3. The van der Waals surface area contributed by atoms with Crippen LogP contribution in [0.5, 0.6) is 23.1 Å². The lowest BCUT2D eigenvalue weighted by Crippen LogP contribution is -2.06. The Morgan fingerprint density at radius 3 is 2.30 bits per heavy atom. The lowest BCUT2D eigenvalue weighted by Gasteiger charge is -2.11. The molecular formula is C25H19F3N2O3. The van der Waals surface area contributed by atoms with Gasteiger partial charge in [0, 0.05) is 17.7 Å². The van der Waals surface area contributed by atoms with Crippen LogP contribution in [0.3, 0.4) is 0 Å². The highest BCUT2D eigenvalue weighted by Crippen LogP contribution is 2.30. The fourth-order valence-corrected chi connectivity index (χ4v) is 3.07. The molecular weight excluding hydrogens is 433 g/mol. The van der Waals surface area contributed by atoms with Gasteiger partial charge < -0.3 is 14.2 Å². The molecule has 0 saturated carbocycles. The minimum atomic E-state index is -4.40. The minimum Gasteiger partial charge on any atom is -0.497 e. The van der Waals surface area contributed by atoms with Crippen molar-refractivity contribution in [2.45, 2.75) is 12.8 Å². The van der Waals surface area contributed by atoms with Gasteiger partial charge in [0.15, 0.2) is 0 Å². The van der Waals surface area contributed by atoms with E-state index in [0.717, 1.165) is 23.4 Å². The lowest BCUT2D eigenvalue weighted by molar-refractivity contribution is -0.137. The highest BCUT2D eigenvalue weighted by Gasteiger charge is 2.30. The average molecular weight is 452 g/mol. The number of hydrogen-bond acceptors (Lipinski definition) is 5. The molecule has 33 heavy (non-hydrogen) atoms. The second kappa shape index (κ2) is 9.60. The molecule has 0 N–H and O–H groups in total. The van der Waals surface area contributed by atoms with E-state index in [-0.39, 0.29) is 6.61 Å². The molecule has 0 fully saturated rings. The van der Waals surface area contributed by atoms with Gasteiger partial charge in [0.25, 0.3) is 0 Å². The maximum atomic E-state index is 12.9. The molecule has 0 aliphatic carbocycles. The van der Waals surface area contributed by atoms with Crippen LogP contribution in [-0.2, 0) is 12.8 Å². The van der Waals surface area contributed by atoms with Crippen molar-refractivity contribution in [1.29, 1.82) is 0 Å². The van der Waals surface area contributed by atoms with E-state index in [9.17, 15) is 13.2 Å². The van der Waals surface area contributed by atoms with E-state index in [1.54, 1.807) is 43.5 Å². The van der Waals surface area contributed by atoms with E-state index in [1.165, 1.54) is 12.4 Å². The molecule has 1 aromatic heterocycles. The number of rotatable bonds is 7. The summed E-state index contributed by atoms with van der Waals surface area (Å²) < 4.78 is 55.3. The number of halogens is 3. The number of methoxy groups -OCH3 is 1. The number of nitrogens with zero attached hydrogens (tertiary/aromatic N) is 2. The predicted molar refractivity (Wildman–Crippen MR) is 116 cm³/mol. The third-order valence-electron chi connectivity index (χ3n) is 4.72. The number of alkyl halides is 3. The molecule has 0 aliphatic rings. The SMILES string of the molecule is COc1ccc(-c2cc(Oc3cccc(OCc4cccc(C(F)(F)F)c4)c3)ncn2)cc1. The minimum absolute atomic E-state index is 0.0114. The Morgan fingerprint density at radius 2 is 1.55 bits per heavy atom. The first kappa shape index (κ1) is 22.1. The van der Waals surface area contributed by atoms with Crippen molar-refractivity contribution >= 4 is 0 Å². The van der Waals surface area contributed by atoms with Crippen molar-refractivity contribution in [3.63, 3.8) is 0 Å². The van der Waals surface area contributed by atoms with Crippen LogP contribution < -0.4 is 14.2 Å². The summed E-state index contributed by atoms with van der Waals surface area (Å²) in [5.74, 6) is 2.00. The van der Waals surface area contributed by atoms with Gasteiger partial charge >= 0.3 is 6.18 Å². The molecule has 0 spiro atoms. The number of aromatic nitrogens is 2. The number of ether oxygens (including phenoxy) is 3. The van der Waals surface area contributed by atoms with Gasteiger partial charge in [-0.15, -0.1) is 0 Å². The van der Waals surface area contributed by atoms with Crippen LogP contribution in [-0.4, -0.2) is 17.1 Å². The van der Waals surface area contributed by atoms with Crippen molar-refractivity contribution in [1.82, 2.24) is 9.97 Å². The predicted octanol–water partition coefficient (Wildman–Crippen LogP) is 6.54. The van der Waals surface area contributed by atoms with Gasteiger partial charge in [-0.3, -0.25) is 0 Å². The van der Waals surface area contributed by atoms with Crippen molar-refractivity contribution in [2.75, 3.05) is 7.11 Å². The molecule has 0 saturated heterocycles. The van der Waals surface area contributed by atoms with Crippen LogP contribution in [0, 0.1) is 0 Å². The van der Waals surface area contributed by atoms with Gasteiger partial charge in [0.2, 0.25) is 5.88 Å². The Labute approximate surface area is 188 Å². The second-order valence-corrected chi connectivity index (χ2v) is 7.03. The second-order valence-electron chi connectivity index (χ2n) is 7.03. The third-order valence-corrected chi connectivity index (χ3v) is 4.72. The van der Waals surface area contributed by atoms with Gasteiger partial charge in [-0.1, -0.05) is 18.2 Å². The van der Waals surface area contributed by atoms with E-state index in [1.807, 2.05) is 24.3 Å². The Morgan fingerprint density at radius 1 is 0.788 bits per heavy atom. The zero-order valence-corrected chi connectivity index (χ0v) is 17.5. The molecule has 8 heteroatoms. The first-order chi connectivity index (χ1) is 15.9. The number of hydrogen-bond donors (Lipinski definition) is 0. The summed E-state index contributed by atoms with van der Waals surface area (Å²) in [5, 5.41) is 0. The monoisotopic (exact) mass is 452 g/mol. The average Bonchev–Trinajstić information content (AvgIpc) is 2.83. The Balaban J connectivity index is 1.44. The van der Waals surface area contributed by atoms with Gasteiger partial charge in [-0.2, -0.15) is 13.2 Å². The Bertz CT molecular complexity index is 1230. The standard InChI is InChI=1S/C25H19F3N2O3/c1-31-20-10-8-18(9-11-20)23-14-24(30-16-29-23)33-22-7-3-6-21(13-22)32-15-17-4-2-5-19(12-17)25(26,27)28/h2-14,16H,15H2,1H3. The normalized spacial score (nSPS) is 11.2. The smallest absolute Gasteiger partial charge is 0.416 e. The summed E-state index contributed by atoms with van der Waals surface area (Å²) >= 11 is 0. The fraction of sp³-hybridized carbons (Fsp3) is 0.120. The highest BCUT2D eigenvalue weighted by atomic mass is 19.4.